The molecule has 0 aromatic carbocycles. The van der Waals surface area contributed by atoms with Gasteiger partial charge in [-0.1, -0.05) is 6.08 Å². The molecule has 0 bridgehead atoms. The van der Waals surface area contributed by atoms with Gasteiger partial charge < -0.3 is 10.4 Å². The largest absolute Gasteiger partial charge is 0.476 e. The van der Waals surface area contributed by atoms with Crippen LogP contribution in [0.4, 0.5) is 0 Å². The number of carboxylic acid groups (broad SMARTS) is 1. The van der Waals surface area contributed by atoms with E-state index in [1.165, 1.54) is 12.4 Å². The van der Waals surface area contributed by atoms with Gasteiger partial charge in [0, 0.05) is 6.54 Å². The number of nitrogens with zero attached hydrogens (tertiary/aromatic N) is 2. The molecule has 0 saturated carbocycles. The third-order valence-corrected chi connectivity index (χ3v) is 2.26. The van der Waals surface area contributed by atoms with Gasteiger partial charge in [0.05, 0.1) is 18.1 Å². The van der Waals surface area contributed by atoms with E-state index in [2.05, 4.69) is 15.3 Å². The maximum Gasteiger partial charge on any atom is 0.356 e. The zero-order valence-electron chi connectivity index (χ0n) is 8.10. The first kappa shape index (κ1) is 9.79. The van der Waals surface area contributed by atoms with Crippen LogP contribution < -0.4 is 5.32 Å². The van der Waals surface area contributed by atoms with Crippen LogP contribution in [0.5, 0.6) is 0 Å². The first-order chi connectivity index (χ1) is 7.27. The Hall–Kier alpha value is -1.75. The van der Waals surface area contributed by atoms with Gasteiger partial charge in [-0.3, -0.25) is 4.98 Å². The number of aromatic nitrogens is 2. The van der Waals surface area contributed by atoms with Crippen LogP contribution >= 0.6 is 0 Å². The predicted molar refractivity (Wildman–Crippen MR) is 54.5 cm³/mol. The molecule has 5 heteroatoms. The highest BCUT2D eigenvalue weighted by Crippen LogP contribution is 2.16. The third-order valence-electron chi connectivity index (χ3n) is 2.26. The monoisotopic (exact) mass is 205 g/mol. The van der Waals surface area contributed by atoms with Crippen molar-refractivity contribution >= 4 is 11.5 Å². The second-order valence-electron chi connectivity index (χ2n) is 3.28. The van der Waals surface area contributed by atoms with Crippen LogP contribution in [0.15, 0.2) is 18.5 Å². The number of nitrogens with one attached hydrogen (secondary N) is 1. The lowest BCUT2D eigenvalue weighted by Crippen LogP contribution is -2.20. The van der Waals surface area contributed by atoms with Crippen molar-refractivity contribution in [1.29, 1.82) is 0 Å². The third kappa shape index (κ3) is 2.19. The van der Waals surface area contributed by atoms with Crippen LogP contribution in [-0.2, 0) is 0 Å². The molecule has 1 aliphatic heterocycles. The van der Waals surface area contributed by atoms with Gasteiger partial charge in [-0.05, 0) is 18.5 Å². The summed E-state index contributed by atoms with van der Waals surface area (Å²) < 4.78 is 0. The van der Waals surface area contributed by atoms with E-state index in [4.69, 9.17) is 5.11 Å². The fourth-order valence-corrected chi connectivity index (χ4v) is 1.46. The van der Waals surface area contributed by atoms with Crippen molar-refractivity contribution in [3.63, 3.8) is 0 Å². The van der Waals surface area contributed by atoms with Crippen molar-refractivity contribution in [3.8, 4) is 0 Å². The standard InChI is InChI=1S/C10H11N3O2/c14-10(15)9-6-12-8(5-13-9)7-1-3-11-4-2-7/h1,5-6,11H,2-4H2,(H,14,15). The Bertz CT molecular complexity index is 398. The van der Waals surface area contributed by atoms with Gasteiger partial charge in [-0.15, -0.1) is 0 Å². The minimum atomic E-state index is -1.05. The van der Waals surface area contributed by atoms with Crippen LogP contribution in [0.2, 0.25) is 0 Å². The fourth-order valence-electron chi connectivity index (χ4n) is 1.46. The van der Waals surface area contributed by atoms with E-state index < -0.39 is 5.97 Å². The van der Waals surface area contributed by atoms with E-state index in [0.29, 0.717) is 0 Å². The van der Waals surface area contributed by atoms with Crippen molar-refractivity contribution in [2.24, 2.45) is 0 Å². The Balaban J connectivity index is 2.23. The van der Waals surface area contributed by atoms with Crippen LogP contribution in [0.1, 0.15) is 22.6 Å². The number of hydrogen-bond donors (Lipinski definition) is 2. The lowest BCUT2D eigenvalue weighted by Gasteiger charge is -2.12. The molecule has 0 spiro atoms. The first-order valence-electron chi connectivity index (χ1n) is 4.73. The van der Waals surface area contributed by atoms with Crippen molar-refractivity contribution < 1.29 is 9.90 Å². The molecule has 0 aliphatic carbocycles. The Morgan fingerprint density at radius 3 is 2.80 bits per heavy atom. The van der Waals surface area contributed by atoms with Crippen molar-refractivity contribution in [1.82, 2.24) is 15.3 Å². The van der Waals surface area contributed by atoms with Crippen molar-refractivity contribution in [2.45, 2.75) is 6.42 Å². The molecule has 0 unspecified atom stereocenters. The summed E-state index contributed by atoms with van der Waals surface area (Å²) in [6.45, 7) is 1.76. The quantitative estimate of drug-likeness (QED) is 0.737. The van der Waals surface area contributed by atoms with Gasteiger partial charge in [0.1, 0.15) is 0 Å². The summed E-state index contributed by atoms with van der Waals surface area (Å²) in [7, 11) is 0. The molecule has 0 fully saturated rings. The molecule has 0 radical (unpaired) electrons. The van der Waals surface area contributed by atoms with E-state index in [1.54, 1.807) is 0 Å². The molecule has 0 atom stereocenters. The highest BCUT2D eigenvalue weighted by atomic mass is 16.4. The Morgan fingerprint density at radius 1 is 1.40 bits per heavy atom. The van der Waals surface area contributed by atoms with E-state index in [9.17, 15) is 4.79 Å². The smallest absolute Gasteiger partial charge is 0.356 e. The van der Waals surface area contributed by atoms with Gasteiger partial charge in [0.15, 0.2) is 5.69 Å². The molecule has 1 aromatic heterocycles. The maximum absolute atomic E-state index is 10.6. The summed E-state index contributed by atoms with van der Waals surface area (Å²) in [4.78, 5) is 18.5. The van der Waals surface area contributed by atoms with Crippen LogP contribution in [0, 0.1) is 0 Å². The fraction of sp³-hybridized carbons (Fsp3) is 0.300. The Morgan fingerprint density at radius 2 is 2.27 bits per heavy atom. The summed E-state index contributed by atoms with van der Waals surface area (Å²) in [5.41, 5.74) is 1.87. The minimum absolute atomic E-state index is 0.0201. The molecule has 2 N–H and O–H groups in total. The molecule has 2 heterocycles. The summed E-state index contributed by atoms with van der Waals surface area (Å²) >= 11 is 0. The molecule has 78 valence electrons. The van der Waals surface area contributed by atoms with E-state index in [-0.39, 0.29) is 5.69 Å². The van der Waals surface area contributed by atoms with Gasteiger partial charge in [0.25, 0.3) is 0 Å². The van der Waals surface area contributed by atoms with Crippen LogP contribution in [0.25, 0.3) is 5.57 Å². The molecule has 15 heavy (non-hydrogen) atoms. The highest BCUT2D eigenvalue weighted by Gasteiger charge is 2.09. The van der Waals surface area contributed by atoms with Crippen LogP contribution in [0.3, 0.4) is 0 Å². The lowest BCUT2D eigenvalue weighted by atomic mass is 10.1. The molecular formula is C10H11N3O2. The maximum atomic E-state index is 10.6. The van der Waals surface area contributed by atoms with Gasteiger partial charge in [0.2, 0.25) is 0 Å². The molecule has 0 amide bonds. The summed E-state index contributed by atoms with van der Waals surface area (Å²) in [6.07, 6.45) is 5.76. The number of carboxylic acids is 1. The molecule has 2 rings (SSSR count). The van der Waals surface area contributed by atoms with Gasteiger partial charge in [-0.2, -0.15) is 0 Å². The lowest BCUT2D eigenvalue weighted by molar-refractivity contribution is 0.0690. The number of aromatic carboxylic acids is 1. The average molecular weight is 205 g/mol. The second kappa shape index (κ2) is 4.18. The molecule has 0 saturated heterocycles. The molecule has 1 aromatic rings. The predicted octanol–water partition coefficient (Wildman–Crippen LogP) is 0.551. The van der Waals surface area contributed by atoms with Crippen molar-refractivity contribution in [2.75, 3.05) is 13.1 Å². The van der Waals surface area contributed by atoms with Gasteiger partial charge >= 0.3 is 5.97 Å². The summed E-state index contributed by atoms with van der Waals surface area (Å²) in [5, 5.41) is 11.9. The second-order valence-corrected chi connectivity index (χ2v) is 3.28. The van der Waals surface area contributed by atoms with E-state index in [0.717, 1.165) is 30.8 Å². The van der Waals surface area contributed by atoms with Crippen LogP contribution in [-0.4, -0.2) is 34.1 Å². The number of hydrogen-bond acceptors (Lipinski definition) is 4. The van der Waals surface area contributed by atoms with Crippen molar-refractivity contribution in [3.05, 3.63) is 29.9 Å². The highest BCUT2D eigenvalue weighted by molar-refractivity contribution is 5.85. The van der Waals surface area contributed by atoms with Gasteiger partial charge in [-0.25, -0.2) is 9.78 Å². The zero-order chi connectivity index (χ0) is 10.7. The molecule has 1 aliphatic rings. The normalized spacial score (nSPS) is 15.9. The van der Waals surface area contributed by atoms with E-state index >= 15 is 0 Å². The SMILES string of the molecule is O=C(O)c1cnc(C2=CCNCC2)cn1. The summed E-state index contributed by atoms with van der Waals surface area (Å²) in [5.74, 6) is -1.05. The topological polar surface area (TPSA) is 75.1 Å². The Labute approximate surface area is 86.9 Å². The summed E-state index contributed by atoms with van der Waals surface area (Å²) in [6, 6.07) is 0. The Kier molecular flexibility index (Phi) is 2.73. The average Bonchev–Trinajstić information content (AvgIpc) is 2.30. The zero-order valence-corrected chi connectivity index (χ0v) is 8.10. The first-order valence-corrected chi connectivity index (χ1v) is 4.73. The molecular weight excluding hydrogens is 194 g/mol. The number of carbonyl (C=O) groups is 1. The number of rotatable bonds is 2. The van der Waals surface area contributed by atoms with E-state index in [1.807, 2.05) is 6.08 Å². The minimum Gasteiger partial charge on any atom is -0.476 e. The molecule has 5 nitrogen and oxygen atoms in total.